The zero-order valence-electron chi connectivity index (χ0n) is 11.1. The van der Waals surface area contributed by atoms with E-state index in [1.165, 1.54) is 0 Å². The number of carbonyl (C=O) groups excluding carboxylic acids is 2. The molecule has 1 rings (SSSR count). The summed E-state index contributed by atoms with van der Waals surface area (Å²) in [5, 5.41) is 2.07. The Morgan fingerprint density at radius 3 is 1.28 bits per heavy atom. The number of hydrogen-bond acceptors (Lipinski definition) is 4. The van der Waals surface area contributed by atoms with Gasteiger partial charge in [-0.2, -0.15) is 0 Å². The largest absolute Gasteiger partial charge is 0.517 e. The van der Waals surface area contributed by atoms with Crippen LogP contribution >= 0.6 is 0 Å². The first-order valence-corrected chi connectivity index (χ1v) is 11.5. The van der Waals surface area contributed by atoms with E-state index >= 15 is 0 Å². The number of rotatable bonds is 6. The fraction of sp³-hybridized carbons (Fsp3) is 0.333. The predicted octanol–water partition coefficient (Wildman–Crippen LogP) is 0.857. The van der Waals surface area contributed by atoms with Crippen molar-refractivity contribution in [2.75, 3.05) is 0 Å². The molecule has 0 fully saturated rings. The molecule has 1 aromatic rings. The summed E-state index contributed by atoms with van der Waals surface area (Å²) in [6.07, 6.45) is 0. The molecule has 0 saturated carbocycles. The summed E-state index contributed by atoms with van der Waals surface area (Å²) in [6, 6.07) is 7.81. The first kappa shape index (κ1) is 14.7. The first-order valence-electron chi connectivity index (χ1n) is 5.67. The average molecular weight is 282 g/mol. The van der Waals surface area contributed by atoms with Crippen LogP contribution in [-0.2, 0) is 18.4 Å². The molecule has 0 radical (unpaired) electrons. The summed E-state index contributed by atoms with van der Waals surface area (Å²) in [6.45, 7) is 8.85. The Labute approximate surface area is 109 Å². The van der Waals surface area contributed by atoms with Gasteiger partial charge in [-0.1, -0.05) is 24.3 Å². The third kappa shape index (κ3) is 3.30. The van der Waals surface area contributed by atoms with E-state index in [4.69, 9.17) is 8.85 Å². The maximum Gasteiger partial charge on any atom is 0.280 e. The van der Waals surface area contributed by atoms with Crippen LogP contribution in [0.25, 0.3) is 0 Å². The monoisotopic (exact) mass is 282 g/mol. The van der Waals surface area contributed by atoms with Crippen molar-refractivity contribution in [3.8, 4) is 0 Å². The summed E-state index contributed by atoms with van der Waals surface area (Å²) >= 11 is 0. The molecule has 98 valence electrons. The quantitative estimate of drug-likeness (QED) is 0.573. The molecule has 0 aromatic heterocycles. The topological polar surface area (TPSA) is 52.6 Å². The SMILES string of the molecule is C[Si](C)(OC=O)c1ccc([Si](C)(C)OC=O)cc1. The summed E-state index contributed by atoms with van der Waals surface area (Å²) in [7, 11) is -4.29. The normalized spacial score (nSPS) is 11.8. The number of hydrogen-bond donors (Lipinski definition) is 0. The molecule has 0 heterocycles. The maximum atomic E-state index is 10.5. The zero-order chi connectivity index (χ0) is 13.8. The minimum atomic E-state index is -2.14. The van der Waals surface area contributed by atoms with Gasteiger partial charge in [0.05, 0.1) is 0 Å². The molecule has 1 aromatic carbocycles. The van der Waals surface area contributed by atoms with E-state index in [0.29, 0.717) is 12.9 Å². The molecule has 18 heavy (non-hydrogen) atoms. The van der Waals surface area contributed by atoms with E-state index in [0.717, 1.165) is 10.4 Å². The van der Waals surface area contributed by atoms with E-state index in [9.17, 15) is 9.59 Å². The number of benzene rings is 1. The van der Waals surface area contributed by atoms with Crippen molar-refractivity contribution >= 4 is 40.0 Å². The van der Waals surface area contributed by atoms with Gasteiger partial charge in [0.1, 0.15) is 0 Å². The lowest BCUT2D eigenvalue weighted by Gasteiger charge is -2.23. The van der Waals surface area contributed by atoms with Gasteiger partial charge in [0.2, 0.25) is 0 Å². The summed E-state index contributed by atoms with van der Waals surface area (Å²) in [4.78, 5) is 20.9. The highest BCUT2D eigenvalue weighted by atomic mass is 28.4. The van der Waals surface area contributed by atoms with Gasteiger partial charge in [-0.05, 0) is 36.6 Å². The van der Waals surface area contributed by atoms with E-state index in [2.05, 4.69) is 0 Å². The molecular formula is C12H18O4Si2. The molecule has 0 N–H and O–H groups in total. The minimum Gasteiger partial charge on any atom is -0.517 e. The van der Waals surface area contributed by atoms with Crippen LogP contribution in [0.15, 0.2) is 24.3 Å². The van der Waals surface area contributed by atoms with Crippen LogP contribution in [0.5, 0.6) is 0 Å². The smallest absolute Gasteiger partial charge is 0.280 e. The molecule has 0 aliphatic rings. The second-order valence-corrected chi connectivity index (χ2v) is 12.7. The maximum absolute atomic E-state index is 10.5. The third-order valence-electron chi connectivity index (χ3n) is 2.96. The van der Waals surface area contributed by atoms with Crippen LogP contribution in [0.3, 0.4) is 0 Å². The predicted molar refractivity (Wildman–Crippen MR) is 75.0 cm³/mol. The molecule has 0 saturated heterocycles. The number of carbonyl (C=O) groups is 2. The van der Waals surface area contributed by atoms with Gasteiger partial charge >= 0.3 is 0 Å². The molecule has 6 heteroatoms. The van der Waals surface area contributed by atoms with Gasteiger partial charge < -0.3 is 8.85 Å². The fourth-order valence-electron chi connectivity index (χ4n) is 1.65. The highest BCUT2D eigenvalue weighted by Gasteiger charge is 2.30. The highest BCUT2D eigenvalue weighted by molar-refractivity contribution is 6.86. The average Bonchev–Trinajstić information content (AvgIpc) is 2.29. The molecular weight excluding hydrogens is 264 g/mol. The lowest BCUT2D eigenvalue weighted by molar-refractivity contribution is -0.122. The van der Waals surface area contributed by atoms with Crippen molar-refractivity contribution in [3.63, 3.8) is 0 Å². The van der Waals surface area contributed by atoms with E-state index in [1.54, 1.807) is 0 Å². The van der Waals surface area contributed by atoms with Crippen molar-refractivity contribution in [2.24, 2.45) is 0 Å². The van der Waals surface area contributed by atoms with Crippen molar-refractivity contribution < 1.29 is 18.4 Å². The Morgan fingerprint density at radius 2 is 1.06 bits per heavy atom. The van der Waals surface area contributed by atoms with Crippen molar-refractivity contribution in [1.29, 1.82) is 0 Å². The van der Waals surface area contributed by atoms with E-state index in [1.807, 2.05) is 50.5 Å². The summed E-state index contributed by atoms with van der Waals surface area (Å²) in [5.41, 5.74) is 0. The highest BCUT2D eigenvalue weighted by Crippen LogP contribution is 2.06. The standard InChI is InChI=1S/C12H18O4Si2/c1-17(2,15-9-13)11-5-7-12(8-6-11)18(3,4)16-10-14/h5-10H,1-4H3. The Morgan fingerprint density at radius 1 is 0.778 bits per heavy atom. The second-order valence-electron chi connectivity index (χ2n) is 5.03. The molecule has 0 bridgehead atoms. The molecule has 0 amide bonds. The molecule has 4 nitrogen and oxygen atoms in total. The van der Waals surface area contributed by atoms with Crippen molar-refractivity contribution in [2.45, 2.75) is 26.2 Å². The third-order valence-corrected chi connectivity index (χ3v) is 7.78. The lowest BCUT2D eigenvalue weighted by atomic mass is 10.4. The molecule has 0 unspecified atom stereocenters. The van der Waals surface area contributed by atoms with Gasteiger partial charge in [-0.15, -0.1) is 0 Å². The van der Waals surface area contributed by atoms with Crippen LogP contribution in [0.1, 0.15) is 0 Å². The van der Waals surface area contributed by atoms with Crippen LogP contribution in [0.2, 0.25) is 26.2 Å². The second kappa shape index (κ2) is 5.49. The van der Waals surface area contributed by atoms with Gasteiger partial charge in [-0.25, -0.2) is 0 Å². The Kier molecular flexibility index (Phi) is 4.47. The lowest BCUT2D eigenvalue weighted by Crippen LogP contribution is -2.48. The molecule has 0 aliphatic carbocycles. The molecule has 0 atom stereocenters. The summed E-state index contributed by atoms with van der Waals surface area (Å²) in [5.74, 6) is 0. The van der Waals surface area contributed by atoms with Crippen molar-refractivity contribution in [3.05, 3.63) is 24.3 Å². The van der Waals surface area contributed by atoms with Crippen LogP contribution in [-0.4, -0.2) is 29.6 Å². The van der Waals surface area contributed by atoms with Crippen molar-refractivity contribution in [1.82, 2.24) is 0 Å². The Bertz CT molecular complexity index is 385. The summed E-state index contributed by atoms with van der Waals surface area (Å²) < 4.78 is 10.3. The van der Waals surface area contributed by atoms with Crippen LogP contribution in [0, 0.1) is 0 Å². The molecule has 0 aliphatic heterocycles. The van der Waals surface area contributed by atoms with Crippen LogP contribution < -0.4 is 10.4 Å². The van der Waals surface area contributed by atoms with Gasteiger partial charge in [0.15, 0.2) is 0 Å². The minimum absolute atomic E-state index is 0.508. The van der Waals surface area contributed by atoms with Gasteiger partial charge in [0.25, 0.3) is 29.6 Å². The van der Waals surface area contributed by atoms with Gasteiger partial charge in [-0.3, -0.25) is 9.59 Å². The Hall–Kier alpha value is -1.41. The van der Waals surface area contributed by atoms with E-state index < -0.39 is 16.6 Å². The molecule has 0 spiro atoms. The van der Waals surface area contributed by atoms with Gasteiger partial charge in [0, 0.05) is 0 Å². The fourth-order valence-corrected chi connectivity index (χ4v) is 4.34. The zero-order valence-corrected chi connectivity index (χ0v) is 13.1. The van der Waals surface area contributed by atoms with E-state index in [-0.39, 0.29) is 0 Å². The Balaban J connectivity index is 2.99. The van der Waals surface area contributed by atoms with Crippen LogP contribution in [0.4, 0.5) is 0 Å². The first-order chi connectivity index (χ1) is 8.33.